The first-order chi connectivity index (χ1) is 21.9. The molecule has 0 unspecified atom stereocenters. The van der Waals surface area contributed by atoms with E-state index in [-0.39, 0.29) is 18.9 Å². The van der Waals surface area contributed by atoms with Gasteiger partial charge in [0, 0.05) is 64.1 Å². The number of Topliss-reactive ketones (excluding diaryl/α,β-unsaturated/α-hetero) is 1. The first-order valence-corrected chi connectivity index (χ1v) is 15.0. The average molecular weight is 637 g/mol. The number of hydrogen-bond donors (Lipinski definition) is 2. The van der Waals surface area contributed by atoms with E-state index in [4.69, 9.17) is 16.7 Å². The van der Waals surface area contributed by atoms with Crippen LogP contribution in [0.4, 0.5) is 5.82 Å². The van der Waals surface area contributed by atoms with E-state index in [0.717, 1.165) is 4.88 Å². The highest BCUT2D eigenvalue weighted by Gasteiger charge is 2.22. The molecular formula is C33H25ClN6O4S. The largest absolute Gasteiger partial charge is 0.392 e. The molecule has 0 saturated heterocycles. The highest BCUT2D eigenvalue weighted by Crippen LogP contribution is 2.32. The normalized spacial score (nSPS) is 11.0. The second-order valence-corrected chi connectivity index (χ2v) is 11.8. The summed E-state index contributed by atoms with van der Waals surface area (Å²) in [5, 5.41) is 17.4. The first-order valence-electron chi connectivity index (χ1n) is 13.8. The maximum Gasteiger partial charge on any atom is 0.280 e. The van der Waals surface area contributed by atoms with Gasteiger partial charge in [-0.3, -0.25) is 24.4 Å². The summed E-state index contributed by atoms with van der Waals surface area (Å²) >= 11 is 7.55. The van der Waals surface area contributed by atoms with Gasteiger partial charge in [-0.05, 0) is 54.1 Å². The Morgan fingerprint density at radius 3 is 2.44 bits per heavy atom. The molecule has 0 bridgehead atoms. The van der Waals surface area contributed by atoms with E-state index in [1.165, 1.54) is 32.8 Å². The zero-order valence-electron chi connectivity index (χ0n) is 23.6. The Morgan fingerprint density at radius 1 is 0.911 bits per heavy atom. The average Bonchev–Trinajstić information content (AvgIpc) is 3.70. The van der Waals surface area contributed by atoms with Crippen LogP contribution in [-0.4, -0.2) is 41.1 Å². The number of aliphatic hydroxyl groups is 1. The number of carbonyl (C=O) groups excluding carboxylic acids is 2. The van der Waals surface area contributed by atoms with Crippen molar-refractivity contribution in [2.75, 3.05) is 5.32 Å². The van der Waals surface area contributed by atoms with Gasteiger partial charge in [0.2, 0.25) is 0 Å². The Balaban J connectivity index is 1.46. The fourth-order valence-corrected chi connectivity index (χ4v) is 5.73. The standard InChI is InChI=1S/C33H25ClN6O4S/c34-30-11-10-24(45-30)17-37-31-15-28(38-40(31)33(44)22-8-6-21(20-41)7-9-22)26-18-39(19-29(42)23-4-3-12-35-16-23)32(43)14-25(26)27-5-1-2-13-36-27/h1-16,18,37,41H,17,19-20H2. The molecule has 5 aromatic heterocycles. The lowest BCUT2D eigenvalue weighted by molar-refractivity contribution is 0.0945. The number of carbonyl (C=O) groups is 2. The van der Waals surface area contributed by atoms with Crippen LogP contribution < -0.4 is 10.9 Å². The lowest BCUT2D eigenvalue weighted by atomic mass is 10.0. The molecule has 2 N–H and O–H groups in total. The fraction of sp³-hybridized carbons (Fsp3) is 0.0909. The molecule has 0 spiro atoms. The first kappa shape index (κ1) is 29.8. The SMILES string of the molecule is O=C(Cn1cc(-c2cc(NCc3ccc(Cl)s3)n(C(=O)c3ccc(CO)cc3)n2)c(-c2ccccn2)cc1=O)c1cccnc1. The van der Waals surface area contributed by atoms with Crippen molar-refractivity contribution in [3.8, 4) is 22.5 Å². The molecule has 6 rings (SSSR count). The number of aromatic nitrogens is 5. The molecule has 0 radical (unpaired) electrons. The third-order valence-corrected chi connectivity index (χ3v) is 8.23. The molecule has 10 nitrogen and oxygen atoms in total. The summed E-state index contributed by atoms with van der Waals surface area (Å²) in [6.45, 7) is 0.0123. The van der Waals surface area contributed by atoms with Crippen molar-refractivity contribution in [3.05, 3.63) is 140 Å². The van der Waals surface area contributed by atoms with Crippen LogP contribution in [0.25, 0.3) is 22.5 Å². The summed E-state index contributed by atoms with van der Waals surface area (Å²) in [7, 11) is 0. The van der Waals surface area contributed by atoms with Crippen LogP contribution >= 0.6 is 22.9 Å². The van der Waals surface area contributed by atoms with Crippen LogP contribution in [0.3, 0.4) is 0 Å². The maximum absolute atomic E-state index is 13.8. The number of rotatable bonds is 10. The molecule has 45 heavy (non-hydrogen) atoms. The molecular weight excluding hydrogens is 612 g/mol. The van der Waals surface area contributed by atoms with Gasteiger partial charge >= 0.3 is 0 Å². The predicted molar refractivity (Wildman–Crippen MR) is 172 cm³/mol. The third kappa shape index (κ3) is 6.65. The highest BCUT2D eigenvalue weighted by atomic mass is 35.5. The fourth-order valence-electron chi connectivity index (χ4n) is 4.70. The van der Waals surface area contributed by atoms with Gasteiger partial charge in [-0.2, -0.15) is 9.78 Å². The number of aliphatic hydroxyl groups excluding tert-OH is 1. The van der Waals surface area contributed by atoms with Crippen molar-refractivity contribution < 1.29 is 14.7 Å². The lowest BCUT2D eigenvalue weighted by Crippen LogP contribution is -2.24. The predicted octanol–water partition coefficient (Wildman–Crippen LogP) is 5.56. The summed E-state index contributed by atoms with van der Waals surface area (Å²) in [6.07, 6.45) is 6.21. The minimum Gasteiger partial charge on any atom is -0.392 e. The van der Waals surface area contributed by atoms with Gasteiger partial charge in [0.25, 0.3) is 11.5 Å². The molecule has 0 aliphatic rings. The number of benzene rings is 1. The topological polar surface area (TPSA) is 132 Å². The second-order valence-electron chi connectivity index (χ2n) is 9.99. The van der Waals surface area contributed by atoms with Gasteiger partial charge < -0.3 is 15.0 Å². The molecule has 0 saturated carbocycles. The van der Waals surface area contributed by atoms with Crippen LogP contribution in [0.2, 0.25) is 4.34 Å². The Kier molecular flexibility index (Phi) is 8.74. The van der Waals surface area contributed by atoms with E-state index in [2.05, 4.69) is 15.3 Å². The summed E-state index contributed by atoms with van der Waals surface area (Å²) < 4.78 is 3.22. The van der Waals surface area contributed by atoms with E-state index in [9.17, 15) is 19.5 Å². The van der Waals surface area contributed by atoms with Gasteiger partial charge in [-0.25, -0.2) is 0 Å². The minimum absolute atomic E-state index is 0.147. The third-order valence-electron chi connectivity index (χ3n) is 7.00. The van der Waals surface area contributed by atoms with Crippen LogP contribution in [0.15, 0.2) is 108 Å². The van der Waals surface area contributed by atoms with Crippen molar-refractivity contribution in [1.29, 1.82) is 0 Å². The van der Waals surface area contributed by atoms with E-state index in [0.29, 0.717) is 55.9 Å². The van der Waals surface area contributed by atoms with Gasteiger partial charge in [-0.15, -0.1) is 11.3 Å². The van der Waals surface area contributed by atoms with E-state index < -0.39 is 11.5 Å². The van der Waals surface area contributed by atoms with Gasteiger partial charge in [-0.1, -0.05) is 29.8 Å². The quantitative estimate of drug-likeness (QED) is 0.187. The summed E-state index contributed by atoms with van der Waals surface area (Å²) in [6, 6.07) is 22.1. The number of halogens is 1. The Labute approximate surface area is 266 Å². The molecule has 6 aromatic rings. The van der Waals surface area contributed by atoms with E-state index in [1.807, 2.05) is 6.07 Å². The van der Waals surface area contributed by atoms with Crippen molar-refractivity contribution in [3.63, 3.8) is 0 Å². The van der Waals surface area contributed by atoms with Crippen LogP contribution in [0.1, 0.15) is 31.2 Å². The van der Waals surface area contributed by atoms with Crippen molar-refractivity contribution in [2.24, 2.45) is 0 Å². The monoisotopic (exact) mass is 636 g/mol. The molecule has 0 atom stereocenters. The number of pyridine rings is 3. The molecule has 0 aliphatic carbocycles. The van der Waals surface area contributed by atoms with Gasteiger partial charge in [0.15, 0.2) is 5.78 Å². The highest BCUT2D eigenvalue weighted by molar-refractivity contribution is 7.16. The van der Waals surface area contributed by atoms with Crippen LogP contribution in [0.5, 0.6) is 0 Å². The van der Waals surface area contributed by atoms with Crippen molar-refractivity contribution in [2.45, 2.75) is 19.7 Å². The number of nitrogens with zero attached hydrogens (tertiary/aromatic N) is 5. The number of ketones is 1. The van der Waals surface area contributed by atoms with Gasteiger partial charge in [0.1, 0.15) is 5.82 Å². The van der Waals surface area contributed by atoms with Crippen molar-refractivity contribution in [1.82, 2.24) is 24.3 Å². The van der Waals surface area contributed by atoms with E-state index >= 15 is 0 Å². The van der Waals surface area contributed by atoms with E-state index in [1.54, 1.807) is 85.3 Å². The Bertz CT molecular complexity index is 2040. The lowest BCUT2D eigenvalue weighted by Gasteiger charge is -2.12. The number of thiophene rings is 1. The zero-order valence-corrected chi connectivity index (χ0v) is 25.2. The molecule has 0 amide bonds. The summed E-state index contributed by atoms with van der Waals surface area (Å²) in [5.74, 6) is -0.287. The van der Waals surface area contributed by atoms with Crippen LogP contribution in [0, 0.1) is 0 Å². The van der Waals surface area contributed by atoms with Gasteiger partial charge in [0.05, 0.1) is 35.4 Å². The molecule has 5 heterocycles. The molecule has 0 fully saturated rings. The Hall–Kier alpha value is -5.23. The minimum atomic E-state index is -0.406. The number of hydrogen-bond acceptors (Lipinski definition) is 9. The second kappa shape index (κ2) is 13.2. The van der Waals surface area contributed by atoms with Crippen LogP contribution in [-0.2, 0) is 19.7 Å². The smallest absolute Gasteiger partial charge is 0.280 e. The zero-order chi connectivity index (χ0) is 31.3. The maximum atomic E-state index is 13.8. The summed E-state index contributed by atoms with van der Waals surface area (Å²) in [4.78, 5) is 49.5. The number of nitrogens with one attached hydrogen (secondary N) is 1. The summed E-state index contributed by atoms with van der Waals surface area (Å²) in [5.41, 5.74) is 2.91. The molecule has 0 aliphatic heterocycles. The van der Waals surface area contributed by atoms with Crippen molar-refractivity contribution >= 4 is 40.4 Å². The molecule has 1 aromatic carbocycles. The Morgan fingerprint density at radius 2 is 1.76 bits per heavy atom. The molecule has 224 valence electrons. The molecule has 12 heteroatoms. The number of anilines is 1.